The molecule has 170 valence electrons. The lowest BCUT2D eigenvalue weighted by Crippen LogP contribution is -2.33. The number of hydrogen-bond acceptors (Lipinski definition) is 4. The number of hydrogen-bond donors (Lipinski definition) is 3. The Hall–Kier alpha value is -3.55. The Morgan fingerprint density at radius 1 is 1.12 bits per heavy atom. The number of nitrogens with one attached hydrogen (secondary N) is 1. The van der Waals surface area contributed by atoms with Crippen LogP contribution in [0.1, 0.15) is 41.2 Å². The van der Waals surface area contributed by atoms with E-state index in [1.165, 1.54) is 6.07 Å². The van der Waals surface area contributed by atoms with Gasteiger partial charge >= 0.3 is 0 Å². The van der Waals surface area contributed by atoms with Crippen molar-refractivity contribution in [2.24, 2.45) is 0 Å². The van der Waals surface area contributed by atoms with Gasteiger partial charge in [0.15, 0.2) is 11.4 Å². The fourth-order valence-corrected chi connectivity index (χ4v) is 4.04. The zero-order valence-electron chi connectivity index (χ0n) is 18.5. The van der Waals surface area contributed by atoms with Gasteiger partial charge in [-0.2, -0.15) is 0 Å². The minimum Gasteiger partial charge on any atom is -0.392 e. The van der Waals surface area contributed by atoms with Crippen LogP contribution in [-0.4, -0.2) is 38.3 Å². The van der Waals surface area contributed by atoms with Crippen LogP contribution >= 0.6 is 0 Å². The summed E-state index contributed by atoms with van der Waals surface area (Å²) in [6.45, 7) is 4.07. The number of aliphatic hydroxyl groups excluding tert-OH is 1. The molecule has 0 spiro atoms. The summed E-state index contributed by atoms with van der Waals surface area (Å²) in [5, 5.41) is 24.2. The first-order chi connectivity index (χ1) is 15.9. The number of aryl methyl sites for hydroxylation is 1. The van der Waals surface area contributed by atoms with Gasteiger partial charge in [-0.1, -0.05) is 48.5 Å². The standard InChI is InChI=1S/C26H26FN3O3/c1-3-30-23-15-18(24(32)28-16-17(2)31)13-14-22(23)29-25(30)26(33,19-9-5-4-6-10-19)20-11-7-8-12-21(20)27/h4-15,17,31,33H,3,16H2,1-2H3,(H,28,32)/t17-,26?/m1/s1. The van der Waals surface area contributed by atoms with E-state index in [1.807, 2.05) is 13.0 Å². The Bertz CT molecular complexity index is 1290. The molecule has 2 atom stereocenters. The SMILES string of the molecule is CCn1c(C(O)(c2ccccc2)c2ccccc2F)nc2ccc(C(=O)NC[C@@H](C)O)cc21. The third-order valence-corrected chi connectivity index (χ3v) is 5.66. The van der Waals surface area contributed by atoms with E-state index in [0.717, 1.165) is 0 Å². The van der Waals surface area contributed by atoms with E-state index >= 15 is 0 Å². The van der Waals surface area contributed by atoms with E-state index in [2.05, 4.69) is 5.32 Å². The van der Waals surface area contributed by atoms with Crippen LogP contribution in [0.3, 0.4) is 0 Å². The van der Waals surface area contributed by atoms with Gasteiger partial charge in [0.1, 0.15) is 5.82 Å². The molecule has 4 aromatic rings. The third kappa shape index (κ3) is 4.13. The summed E-state index contributed by atoms with van der Waals surface area (Å²) in [6, 6.07) is 20.0. The molecule has 1 heterocycles. The predicted octanol–water partition coefficient (Wildman–Crippen LogP) is 3.59. The van der Waals surface area contributed by atoms with Gasteiger partial charge in [-0.25, -0.2) is 9.37 Å². The Labute approximate surface area is 191 Å². The predicted molar refractivity (Wildman–Crippen MR) is 124 cm³/mol. The minimum atomic E-state index is -1.85. The molecule has 1 amide bonds. The number of aliphatic hydroxyl groups is 2. The first kappa shape index (κ1) is 22.6. The maximum Gasteiger partial charge on any atom is 0.251 e. The van der Waals surface area contributed by atoms with E-state index in [-0.39, 0.29) is 23.8 Å². The second-order valence-corrected chi connectivity index (χ2v) is 8.00. The highest BCUT2D eigenvalue weighted by molar-refractivity contribution is 5.97. The van der Waals surface area contributed by atoms with Crippen molar-refractivity contribution in [2.75, 3.05) is 6.54 Å². The van der Waals surface area contributed by atoms with Gasteiger partial charge in [-0.15, -0.1) is 0 Å². The number of halogens is 1. The molecule has 3 N–H and O–H groups in total. The molecule has 3 aromatic carbocycles. The molecule has 0 saturated carbocycles. The molecule has 4 rings (SSSR count). The lowest BCUT2D eigenvalue weighted by Gasteiger charge is -2.29. The Kier molecular flexibility index (Phi) is 6.26. The van der Waals surface area contributed by atoms with Crippen LogP contribution in [0, 0.1) is 5.82 Å². The minimum absolute atomic E-state index is 0.0936. The van der Waals surface area contributed by atoms with Crippen LogP contribution in [-0.2, 0) is 12.1 Å². The van der Waals surface area contributed by atoms with E-state index < -0.39 is 17.5 Å². The lowest BCUT2D eigenvalue weighted by atomic mass is 9.85. The molecule has 33 heavy (non-hydrogen) atoms. The molecule has 0 saturated heterocycles. The molecule has 1 aromatic heterocycles. The van der Waals surface area contributed by atoms with Gasteiger partial charge < -0.3 is 20.1 Å². The van der Waals surface area contributed by atoms with Gasteiger partial charge in [0.05, 0.1) is 17.1 Å². The van der Waals surface area contributed by atoms with Gasteiger partial charge in [0.25, 0.3) is 5.91 Å². The first-order valence-corrected chi connectivity index (χ1v) is 10.9. The molecule has 0 aliphatic heterocycles. The number of imidazole rings is 1. The topological polar surface area (TPSA) is 87.4 Å². The van der Waals surface area contributed by atoms with Crippen LogP contribution in [0.15, 0.2) is 72.8 Å². The molecular formula is C26H26FN3O3. The van der Waals surface area contributed by atoms with E-state index in [0.29, 0.717) is 28.7 Å². The van der Waals surface area contributed by atoms with Gasteiger partial charge in [-0.3, -0.25) is 4.79 Å². The average molecular weight is 448 g/mol. The Morgan fingerprint density at radius 2 is 1.82 bits per heavy atom. The zero-order chi connectivity index (χ0) is 23.6. The Morgan fingerprint density at radius 3 is 2.48 bits per heavy atom. The lowest BCUT2D eigenvalue weighted by molar-refractivity contribution is 0.0924. The van der Waals surface area contributed by atoms with Crippen molar-refractivity contribution in [3.63, 3.8) is 0 Å². The normalized spacial score (nSPS) is 14.1. The average Bonchev–Trinajstić information content (AvgIpc) is 3.21. The van der Waals surface area contributed by atoms with Crippen molar-refractivity contribution >= 4 is 16.9 Å². The van der Waals surface area contributed by atoms with Crippen LogP contribution in [0.25, 0.3) is 11.0 Å². The summed E-state index contributed by atoms with van der Waals surface area (Å²) >= 11 is 0. The third-order valence-electron chi connectivity index (χ3n) is 5.66. The number of aromatic nitrogens is 2. The van der Waals surface area contributed by atoms with Crippen molar-refractivity contribution in [1.29, 1.82) is 0 Å². The largest absolute Gasteiger partial charge is 0.392 e. The second-order valence-electron chi connectivity index (χ2n) is 8.00. The van der Waals surface area contributed by atoms with Crippen LogP contribution < -0.4 is 5.32 Å². The van der Waals surface area contributed by atoms with Crippen LogP contribution in [0.2, 0.25) is 0 Å². The molecule has 0 aliphatic carbocycles. The molecule has 1 unspecified atom stereocenters. The molecular weight excluding hydrogens is 421 g/mol. The highest BCUT2D eigenvalue weighted by Crippen LogP contribution is 2.39. The molecule has 7 heteroatoms. The van der Waals surface area contributed by atoms with Crippen molar-refractivity contribution < 1.29 is 19.4 Å². The molecule has 0 fully saturated rings. The fraction of sp³-hybridized carbons (Fsp3) is 0.231. The summed E-state index contributed by atoms with van der Waals surface area (Å²) in [5.74, 6) is -0.606. The van der Waals surface area contributed by atoms with E-state index in [1.54, 1.807) is 72.2 Å². The number of carbonyl (C=O) groups excluding carboxylic acids is 1. The summed E-state index contributed by atoms with van der Waals surface area (Å²) < 4.78 is 16.8. The monoisotopic (exact) mass is 447 g/mol. The first-order valence-electron chi connectivity index (χ1n) is 10.9. The van der Waals surface area contributed by atoms with Crippen molar-refractivity contribution in [2.45, 2.75) is 32.1 Å². The van der Waals surface area contributed by atoms with Crippen LogP contribution in [0.4, 0.5) is 4.39 Å². The van der Waals surface area contributed by atoms with E-state index in [9.17, 15) is 19.4 Å². The molecule has 6 nitrogen and oxygen atoms in total. The van der Waals surface area contributed by atoms with Gasteiger partial charge in [0, 0.05) is 24.2 Å². The van der Waals surface area contributed by atoms with Crippen LogP contribution in [0.5, 0.6) is 0 Å². The summed E-state index contributed by atoms with van der Waals surface area (Å²) in [7, 11) is 0. The van der Waals surface area contributed by atoms with E-state index in [4.69, 9.17) is 4.98 Å². The number of nitrogens with zero attached hydrogens (tertiary/aromatic N) is 2. The smallest absolute Gasteiger partial charge is 0.251 e. The van der Waals surface area contributed by atoms with Crippen molar-refractivity contribution in [3.05, 3.63) is 101 Å². The molecule has 0 bridgehead atoms. The second kappa shape index (κ2) is 9.13. The summed E-state index contributed by atoms with van der Waals surface area (Å²) in [4.78, 5) is 17.2. The van der Waals surface area contributed by atoms with Crippen molar-refractivity contribution in [3.8, 4) is 0 Å². The molecule has 0 radical (unpaired) electrons. The highest BCUT2D eigenvalue weighted by atomic mass is 19.1. The maximum atomic E-state index is 15.0. The highest BCUT2D eigenvalue weighted by Gasteiger charge is 2.40. The summed E-state index contributed by atoms with van der Waals surface area (Å²) in [5.41, 5.74) is 0.341. The Balaban J connectivity index is 1.92. The van der Waals surface area contributed by atoms with Gasteiger partial charge in [-0.05, 0) is 43.7 Å². The number of benzene rings is 3. The number of fused-ring (bicyclic) bond motifs is 1. The zero-order valence-corrected chi connectivity index (χ0v) is 18.5. The number of rotatable bonds is 7. The maximum absolute atomic E-state index is 15.0. The van der Waals surface area contributed by atoms with Crippen molar-refractivity contribution in [1.82, 2.24) is 14.9 Å². The summed E-state index contributed by atoms with van der Waals surface area (Å²) in [6.07, 6.45) is -0.660. The number of carbonyl (C=O) groups is 1. The van der Waals surface area contributed by atoms with Gasteiger partial charge in [0.2, 0.25) is 0 Å². The quantitative estimate of drug-likeness (QED) is 0.404. The number of amides is 1. The molecule has 0 aliphatic rings. The fourth-order valence-electron chi connectivity index (χ4n) is 4.04.